The molecule has 1 saturated heterocycles. The van der Waals surface area contributed by atoms with Crippen LogP contribution in [0.4, 0.5) is 8.78 Å². The maximum Gasteiger partial charge on any atom is 0.282 e. The van der Waals surface area contributed by atoms with Gasteiger partial charge in [0.15, 0.2) is 0 Å². The number of rotatable bonds is 5. The summed E-state index contributed by atoms with van der Waals surface area (Å²) in [5, 5.41) is 12.0. The van der Waals surface area contributed by atoms with E-state index >= 15 is 0 Å². The highest BCUT2D eigenvalue weighted by Gasteiger charge is 2.41. The predicted octanol–water partition coefficient (Wildman–Crippen LogP) is 4.02. The summed E-state index contributed by atoms with van der Waals surface area (Å²) < 4.78 is 59.9. The normalized spacial score (nSPS) is 25.9. The number of allylic oxidation sites excluding steroid dienone is 1. The summed E-state index contributed by atoms with van der Waals surface area (Å²) in [6.07, 6.45) is 7.93. The second-order valence-electron chi connectivity index (χ2n) is 10.3. The molecular formula is C25H33F2N3O3S. The van der Waals surface area contributed by atoms with Crippen molar-refractivity contribution in [2.45, 2.75) is 76.2 Å². The number of β-amino-alcohol motifs (C(OH)–C–C–N with tert-alkyl or cyclic N) is 1. The summed E-state index contributed by atoms with van der Waals surface area (Å²) in [5.41, 5.74) is 0.780. The van der Waals surface area contributed by atoms with Crippen molar-refractivity contribution < 1.29 is 22.3 Å². The molecule has 0 radical (unpaired) electrons. The quantitative estimate of drug-likeness (QED) is 0.684. The van der Waals surface area contributed by atoms with Crippen LogP contribution in [0.25, 0.3) is 17.0 Å². The Hall–Kier alpha value is -1.81. The Balaban J connectivity index is 1.42. The lowest BCUT2D eigenvalue weighted by atomic mass is 9.95. The number of hydrogen-bond donors (Lipinski definition) is 1. The standard InChI is InChI=1S/C25H33F2N3O3S/c1-25(31,16-28-12-5-13-30(34(28,32)33)20-6-3-2-4-7-20)17-29-23-10-8-18(26)14-21(23)22-15-19(27)9-11-24(22)29/h8-11,14,19-20,31H,2-7,12-13,15-17H2,1H3. The monoisotopic (exact) mass is 493 g/mol. The van der Waals surface area contributed by atoms with Gasteiger partial charge in [0.1, 0.15) is 12.0 Å². The summed E-state index contributed by atoms with van der Waals surface area (Å²) in [7, 11) is -3.66. The van der Waals surface area contributed by atoms with Gasteiger partial charge >= 0.3 is 0 Å². The van der Waals surface area contributed by atoms with Crippen LogP contribution in [0.15, 0.2) is 24.3 Å². The van der Waals surface area contributed by atoms with Crippen LogP contribution in [-0.4, -0.2) is 64.2 Å². The second-order valence-corrected chi connectivity index (χ2v) is 12.2. The summed E-state index contributed by atoms with van der Waals surface area (Å²) in [6.45, 7) is 2.61. The van der Waals surface area contributed by atoms with Gasteiger partial charge in [0.25, 0.3) is 10.2 Å². The summed E-state index contributed by atoms with van der Waals surface area (Å²) in [5.74, 6) is -0.397. The van der Waals surface area contributed by atoms with E-state index in [1.807, 2.05) is 4.57 Å². The zero-order valence-corrected chi connectivity index (χ0v) is 20.4. The number of aliphatic hydroxyl groups is 1. The lowest BCUT2D eigenvalue weighted by Crippen LogP contribution is -2.57. The van der Waals surface area contributed by atoms with Crippen molar-refractivity contribution in [1.82, 2.24) is 13.2 Å². The number of aromatic nitrogens is 1. The van der Waals surface area contributed by atoms with Crippen LogP contribution in [-0.2, 0) is 23.2 Å². The minimum Gasteiger partial charge on any atom is -0.387 e. The highest BCUT2D eigenvalue weighted by atomic mass is 32.2. The number of halogens is 2. The third-order valence-corrected chi connectivity index (χ3v) is 9.48. The first-order chi connectivity index (χ1) is 16.2. The van der Waals surface area contributed by atoms with Gasteiger partial charge in [-0.15, -0.1) is 0 Å². The molecule has 6 nitrogen and oxygen atoms in total. The Morgan fingerprint density at radius 1 is 1.12 bits per heavy atom. The van der Waals surface area contributed by atoms with Crippen LogP contribution in [0.3, 0.4) is 0 Å². The zero-order valence-electron chi connectivity index (χ0n) is 19.6. The minimum atomic E-state index is -3.66. The summed E-state index contributed by atoms with van der Waals surface area (Å²) in [6, 6.07) is 4.44. The van der Waals surface area contributed by atoms with Crippen molar-refractivity contribution in [1.29, 1.82) is 0 Å². The van der Waals surface area contributed by atoms with E-state index in [0.717, 1.165) is 49.8 Å². The van der Waals surface area contributed by atoms with Crippen LogP contribution in [0, 0.1) is 5.82 Å². The maximum absolute atomic E-state index is 14.1. The van der Waals surface area contributed by atoms with Crippen LogP contribution in [0.2, 0.25) is 0 Å². The fourth-order valence-corrected chi connectivity index (χ4v) is 7.95. The zero-order chi connectivity index (χ0) is 24.1. The van der Waals surface area contributed by atoms with E-state index in [1.165, 1.54) is 22.5 Å². The average molecular weight is 494 g/mol. The number of hydrogen-bond acceptors (Lipinski definition) is 3. The molecule has 2 aliphatic carbocycles. The molecule has 2 heterocycles. The fraction of sp³-hybridized carbons (Fsp3) is 0.600. The fourth-order valence-electron chi connectivity index (χ4n) is 5.90. The molecule has 1 N–H and O–H groups in total. The Morgan fingerprint density at radius 2 is 1.88 bits per heavy atom. The summed E-state index contributed by atoms with van der Waals surface area (Å²) in [4.78, 5) is 0. The molecule has 0 bridgehead atoms. The smallest absolute Gasteiger partial charge is 0.282 e. The molecule has 2 aromatic rings. The van der Waals surface area contributed by atoms with E-state index in [1.54, 1.807) is 23.4 Å². The van der Waals surface area contributed by atoms with E-state index in [-0.39, 0.29) is 25.6 Å². The van der Waals surface area contributed by atoms with Crippen LogP contribution < -0.4 is 0 Å². The lowest BCUT2D eigenvalue weighted by molar-refractivity contribution is 0.0200. The van der Waals surface area contributed by atoms with Crippen molar-refractivity contribution in [3.63, 3.8) is 0 Å². The molecule has 1 aromatic carbocycles. The second kappa shape index (κ2) is 9.00. The highest BCUT2D eigenvalue weighted by Crippen LogP contribution is 2.35. The SMILES string of the molecule is CC(O)(CN1CCCN(C2CCCCC2)S1(=O)=O)Cn1c2c(c3cc(F)ccc31)CC(F)C=C2. The molecule has 0 spiro atoms. The summed E-state index contributed by atoms with van der Waals surface area (Å²) >= 11 is 0. The first-order valence-electron chi connectivity index (χ1n) is 12.3. The highest BCUT2D eigenvalue weighted by molar-refractivity contribution is 7.86. The van der Waals surface area contributed by atoms with Crippen molar-refractivity contribution in [3.05, 3.63) is 41.3 Å². The van der Waals surface area contributed by atoms with Crippen molar-refractivity contribution >= 4 is 27.2 Å². The van der Waals surface area contributed by atoms with Crippen molar-refractivity contribution in [3.8, 4) is 0 Å². The van der Waals surface area contributed by atoms with Gasteiger partial charge in [-0.05, 0) is 62.1 Å². The first kappa shape index (κ1) is 23.9. The van der Waals surface area contributed by atoms with Gasteiger partial charge in [-0.1, -0.05) is 19.3 Å². The molecule has 5 rings (SSSR count). The average Bonchev–Trinajstić information content (AvgIpc) is 3.07. The minimum absolute atomic E-state index is 0.0381. The van der Waals surface area contributed by atoms with Gasteiger partial charge in [-0.25, -0.2) is 8.78 Å². The molecule has 2 fully saturated rings. The van der Waals surface area contributed by atoms with E-state index in [0.29, 0.717) is 24.0 Å². The third kappa shape index (κ3) is 4.43. The van der Waals surface area contributed by atoms with Crippen LogP contribution >= 0.6 is 0 Å². The van der Waals surface area contributed by atoms with Gasteiger partial charge in [0, 0.05) is 48.7 Å². The number of benzene rings is 1. The molecule has 1 aliphatic heterocycles. The number of fused-ring (bicyclic) bond motifs is 3. The maximum atomic E-state index is 14.1. The molecule has 3 aliphatic rings. The van der Waals surface area contributed by atoms with Gasteiger partial charge in [-0.3, -0.25) is 0 Å². The Bertz CT molecular complexity index is 1200. The first-order valence-corrected chi connectivity index (χ1v) is 13.7. The molecular weight excluding hydrogens is 460 g/mol. The molecule has 2 atom stereocenters. The van der Waals surface area contributed by atoms with Gasteiger partial charge in [-0.2, -0.15) is 17.0 Å². The van der Waals surface area contributed by atoms with Gasteiger partial charge < -0.3 is 9.67 Å². The molecule has 9 heteroatoms. The molecule has 2 unspecified atom stereocenters. The van der Waals surface area contributed by atoms with Gasteiger partial charge in [0.2, 0.25) is 0 Å². The van der Waals surface area contributed by atoms with Crippen molar-refractivity contribution in [2.24, 2.45) is 0 Å². The molecule has 186 valence electrons. The third-order valence-electron chi connectivity index (χ3n) is 7.44. The van der Waals surface area contributed by atoms with E-state index in [4.69, 9.17) is 0 Å². The van der Waals surface area contributed by atoms with E-state index in [2.05, 4.69) is 0 Å². The topological polar surface area (TPSA) is 65.8 Å². The number of nitrogens with zero attached hydrogens (tertiary/aromatic N) is 3. The predicted molar refractivity (Wildman–Crippen MR) is 129 cm³/mol. The molecule has 1 aromatic heterocycles. The van der Waals surface area contributed by atoms with Crippen LogP contribution in [0.5, 0.6) is 0 Å². The van der Waals surface area contributed by atoms with E-state index < -0.39 is 27.8 Å². The van der Waals surface area contributed by atoms with Crippen molar-refractivity contribution in [2.75, 3.05) is 19.6 Å². The largest absolute Gasteiger partial charge is 0.387 e. The lowest BCUT2D eigenvalue weighted by Gasteiger charge is -2.42. The van der Waals surface area contributed by atoms with E-state index in [9.17, 15) is 22.3 Å². The Labute approximate surface area is 200 Å². The Kier molecular flexibility index (Phi) is 6.33. The molecule has 0 amide bonds. The molecule has 34 heavy (non-hydrogen) atoms. The Morgan fingerprint density at radius 3 is 2.65 bits per heavy atom. The van der Waals surface area contributed by atoms with Gasteiger partial charge in [0.05, 0.1) is 12.1 Å². The molecule has 1 saturated carbocycles. The van der Waals surface area contributed by atoms with Crippen LogP contribution in [0.1, 0.15) is 56.7 Å². The number of alkyl halides is 1.